The molecule has 1 atom stereocenters. The summed E-state index contributed by atoms with van der Waals surface area (Å²) < 4.78 is 4.74. The van der Waals surface area contributed by atoms with Crippen LogP contribution in [0.2, 0.25) is 0 Å². The Bertz CT molecular complexity index is 191. The third-order valence-corrected chi connectivity index (χ3v) is 1.26. The second-order valence-corrected chi connectivity index (χ2v) is 3.23. The molecule has 0 radical (unpaired) electrons. The monoisotopic (exact) mass is 189 g/mol. The summed E-state index contributed by atoms with van der Waals surface area (Å²) in [6, 6.07) is -1.06. The summed E-state index contributed by atoms with van der Waals surface area (Å²) in [6.45, 7) is 4.04. The van der Waals surface area contributed by atoms with Crippen LogP contribution in [0.3, 0.4) is 0 Å². The fraction of sp³-hybridized carbons (Fsp3) is 0.750. The van der Waals surface area contributed by atoms with E-state index in [4.69, 9.17) is 15.6 Å². The number of esters is 1. The average Bonchev–Trinajstić information content (AvgIpc) is 1.98. The Kier molecular flexibility index (Phi) is 5.06. The number of carbonyl (C=O) groups is 2. The van der Waals surface area contributed by atoms with Crippen molar-refractivity contribution in [3.63, 3.8) is 0 Å². The average molecular weight is 189 g/mol. The van der Waals surface area contributed by atoms with Crippen LogP contribution < -0.4 is 5.73 Å². The second-order valence-electron chi connectivity index (χ2n) is 3.23. The normalized spacial score (nSPS) is 12.6. The second kappa shape index (κ2) is 5.53. The van der Waals surface area contributed by atoms with Gasteiger partial charge in [0.25, 0.3) is 0 Å². The summed E-state index contributed by atoms with van der Waals surface area (Å²) >= 11 is 0. The summed E-state index contributed by atoms with van der Waals surface area (Å²) in [6.07, 6.45) is -0.392. The van der Waals surface area contributed by atoms with Crippen LogP contribution in [0.15, 0.2) is 0 Å². The van der Waals surface area contributed by atoms with E-state index in [1.54, 1.807) is 0 Å². The van der Waals surface area contributed by atoms with E-state index in [0.717, 1.165) is 0 Å². The minimum atomic E-state index is -1.10. The molecule has 0 rings (SSSR count). The molecule has 0 heterocycles. The van der Waals surface area contributed by atoms with E-state index in [0.29, 0.717) is 0 Å². The third kappa shape index (κ3) is 6.10. The molecule has 0 aliphatic rings. The highest BCUT2D eigenvalue weighted by Crippen LogP contribution is 1.97. The first-order valence-corrected chi connectivity index (χ1v) is 4.07. The number of nitrogens with two attached hydrogens (primary N) is 1. The van der Waals surface area contributed by atoms with Gasteiger partial charge in [0.2, 0.25) is 0 Å². The topological polar surface area (TPSA) is 89.6 Å². The number of hydrogen-bond acceptors (Lipinski definition) is 4. The van der Waals surface area contributed by atoms with Crippen molar-refractivity contribution < 1.29 is 19.4 Å². The van der Waals surface area contributed by atoms with Gasteiger partial charge in [-0.2, -0.15) is 0 Å². The summed E-state index contributed by atoms with van der Waals surface area (Å²) in [5, 5.41) is 8.32. The van der Waals surface area contributed by atoms with Gasteiger partial charge in [-0.15, -0.1) is 0 Å². The molecule has 0 aromatic rings. The largest absolute Gasteiger partial charge is 0.481 e. The number of ether oxygens (including phenoxy) is 1. The van der Waals surface area contributed by atoms with Crippen LogP contribution in [-0.4, -0.2) is 29.7 Å². The standard InChI is InChI=1S/C8H15NO4/c1-5(2)4-13-8(12)6(9)3-7(10)11/h5-6H,3-4,9H2,1-2H3,(H,10,11)/t6-/m1/s1. The number of aliphatic carboxylic acids is 1. The molecular formula is C8H15NO4. The van der Waals surface area contributed by atoms with Crippen molar-refractivity contribution in [2.24, 2.45) is 11.7 Å². The smallest absolute Gasteiger partial charge is 0.323 e. The number of hydrogen-bond donors (Lipinski definition) is 2. The molecule has 13 heavy (non-hydrogen) atoms. The highest BCUT2D eigenvalue weighted by Gasteiger charge is 2.18. The van der Waals surface area contributed by atoms with Gasteiger partial charge >= 0.3 is 11.9 Å². The Morgan fingerprint density at radius 3 is 2.38 bits per heavy atom. The van der Waals surface area contributed by atoms with Gasteiger partial charge < -0.3 is 15.6 Å². The highest BCUT2D eigenvalue weighted by atomic mass is 16.5. The zero-order valence-electron chi connectivity index (χ0n) is 7.82. The molecule has 0 saturated carbocycles. The van der Waals surface area contributed by atoms with Crippen molar-refractivity contribution in [1.29, 1.82) is 0 Å². The molecule has 76 valence electrons. The molecule has 0 aliphatic heterocycles. The molecule has 0 saturated heterocycles. The molecule has 0 aromatic carbocycles. The SMILES string of the molecule is CC(C)COC(=O)[C@H](N)CC(=O)O. The minimum absolute atomic E-state index is 0.223. The summed E-state index contributed by atoms with van der Waals surface area (Å²) in [4.78, 5) is 21.1. The first-order valence-electron chi connectivity index (χ1n) is 4.07. The Balaban J connectivity index is 3.76. The number of carboxylic acid groups (broad SMARTS) is 1. The molecule has 0 bridgehead atoms. The Hall–Kier alpha value is -1.10. The fourth-order valence-corrected chi connectivity index (χ4v) is 0.627. The van der Waals surface area contributed by atoms with E-state index in [2.05, 4.69) is 0 Å². The molecule has 5 nitrogen and oxygen atoms in total. The molecule has 0 fully saturated rings. The lowest BCUT2D eigenvalue weighted by molar-refractivity contribution is -0.150. The van der Waals surface area contributed by atoms with Crippen molar-refractivity contribution >= 4 is 11.9 Å². The molecule has 0 aromatic heterocycles. The van der Waals surface area contributed by atoms with Gasteiger partial charge in [0.05, 0.1) is 13.0 Å². The van der Waals surface area contributed by atoms with E-state index in [9.17, 15) is 9.59 Å². The number of rotatable bonds is 5. The maximum absolute atomic E-state index is 11.0. The van der Waals surface area contributed by atoms with E-state index in [1.807, 2.05) is 13.8 Å². The first-order chi connectivity index (χ1) is 5.93. The van der Waals surface area contributed by atoms with Gasteiger partial charge in [0, 0.05) is 0 Å². The first kappa shape index (κ1) is 11.9. The molecule has 3 N–H and O–H groups in total. The highest BCUT2D eigenvalue weighted by molar-refractivity contribution is 5.81. The Morgan fingerprint density at radius 2 is 2.00 bits per heavy atom. The van der Waals surface area contributed by atoms with Gasteiger partial charge in [0.15, 0.2) is 0 Å². The van der Waals surface area contributed by atoms with Crippen LogP contribution in [0.1, 0.15) is 20.3 Å². The predicted molar refractivity (Wildman–Crippen MR) is 46.0 cm³/mol. The molecular weight excluding hydrogens is 174 g/mol. The Labute approximate surface area is 76.9 Å². The van der Waals surface area contributed by atoms with Crippen LogP contribution in [-0.2, 0) is 14.3 Å². The van der Waals surface area contributed by atoms with Crippen LogP contribution in [0.25, 0.3) is 0 Å². The molecule has 0 unspecified atom stereocenters. The van der Waals surface area contributed by atoms with E-state index >= 15 is 0 Å². The van der Waals surface area contributed by atoms with E-state index in [-0.39, 0.29) is 12.5 Å². The Morgan fingerprint density at radius 1 is 1.46 bits per heavy atom. The van der Waals surface area contributed by atoms with Gasteiger partial charge in [-0.3, -0.25) is 9.59 Å². The van der Waals surface area contributed by atoms with Crippen LogP contribution in [0.4, 0.5) is 0 Å². The van der Waals surface area contributed by atoms with Gasteiger partial charge in [-0.1, -0.05) is 13.8 Å². The van der Waals surface area contributed by atoms with E-state index < -0.39 is 24.4 Å². The van der Waals surface area contributed by atoms with Crippen molar-refractivity contribution in [1.82, 2.24) is 0 Å². The van der Waals surface area contributed by atoms with Crippen molar-refractivity contribution in [3.8, 4) is 0 Å². The van der Waals surface area contributed by atoms with Crippen LogP contribution >= 0.6 is 0 Å². The quantitative estimate of drug-likeness (QED) is 0.593. The number of carboxylic acids is 1. The van der Waals surface area contributed by atoms with Gasteiger partial charge in [-0.05, 0) is 5.92 Å². The van der Waals surface area contributed by atoms with Crippen LogP contribution in [0, 0.1) is 5.92 Å². The molecule has 0 aliphatic carbocycles. The molecule has 0 amide bonds. The van der Waals surface area contributed by atoms with Crippen molar-refractivity contribution in [2.45, 2.75) is 26.3 Å². The minimum Gasteiger partial charge on any atom is -0.481 e. The lowest BCUT2D eigenvalue weighted by atomic mass is 10.2. The zero-order chi connectivity index (χ0) is 10.4. The fourth-order valence-electron chi connectivity index (χ4n) is 0.627. The maximum atomic E-state index is 11.0. The summed E-state index contributed by atoms with van der Waals surface area (Å²) in [5.41, 5.74) is 5.25. The summed E-state index contributed by atoms with van der Waals surface area (Å²) in [7, 11) is 0. The van der Waals surface area contributed by atoms with E-state index in [1.165, 1.54) is 0 Å². The summed E-state index contributed by atoms with van der Waals surface area (Å²) in [5.74, 6) is -1.54. The van der Waals surface area contributed by atoms with Gasteiger partial charge in [-0.25, -0.2) is 0 Å². The maximum Gasteiger partial charge on any atom is 0.323 e. The molecule has 5 heteroatoms. The number of carbonyl (C=O) groups excluding carboxylic acids is 1. The molecule has 0 spiro atoms. The van der Waals surface area contributed by atoms with Crippen LogP contribution in [0.5, 0.6) is 0 Å². The predicted octanol–water partition coefficient (Wildman–Crippen LogP) is -0.0124. The van der Waals surface area contributed by atoms with Crippen molar-refractivity contribution in [2.75, 3.05) is 6.61 Å². The lowest BCUT2D eigenvalue weighted by Crippen LogP contribution is -2.35. The van der Waals surface area contributed by atoms with Crippen molar-refractivity contribution in [3.05, 3.63) is 0 Å². The lowest BCUT2D eigenvalue weighted by Gasteiger charge is -2.10. The van der Waals surface area contributed by atoms with Gasteiger partial charge in [0.1, 0.15) is 6.04 Å². The third-order valence-electron chi connectivity index (χ3n) is 1.26. The zero-order valence-corrected chi connectivity index (χ0v) is 7.82.